The lowest BCUT2D eigenvalue weighted by Crippen LogP contribution is -2.27. The Bertz CT molecular complexity index is 1130. The summed E-state index contributed by atoms with van der Waals surface area (Å²) >= 11 is 0. The van der Waals surface area contributed by atoms with Crippen LogP contribution in [0.5, 0.6) is 0 Å². The van der Waals surface area contributed by atoms with E-state index in [1.54, 1.807) is 64.1 Å². The van der Waals surface area contributed by atoms with Gasteiger partial charge in [-0.3, -0.25) is 10.1 Å². The number of para-hydroxylation sites is 1. The normalized spacial score (nSPS) is 12.3. The van der Waals surface area contributed by atoms with E-state index in [9.17, 15) is 14.4 Å². The van der Waals surface area contributed by atoms with Crippen LogP contribution in [-0.4, -0.2) is 27.6 Å². The number of hydrogen-bond acceptors (Lipinski definition) is 6. The van der Waals surface area contributed by atoms with Crippen molar-refractivity contribution in [2.75, 3.05) is 5.32 Å². The molecule has 156 valence electrons. The lowest BCUT2D eigenvalue weighted by Gasteiger charge is -2.19. The number of nitrogens with one attached hydrogen (secondary N) is 2. The van der Waals surface area contributed by atoms with Gasteiger partial charge in [-0.15, -0.1) is 0 Å². The van der Waals surface area contributed by atoms with Crippen LogP contribution in [0.3, 0.4) is 0 Å². The zero-order valence-electron chi connectivity index (χ0n) is 17.2. The molecule has 30 heavy (non-hydrogen) atoms. The summed E-state index contributed by atoms with van der Waals surface area (Å²) in [4.78, 5) is 43.5. The van der Waals surface area contributed by atoms with Crippen LogP contribution in [0.1, 0.15) is 50.0 Å². The van der Waals surface area contributed by atoms with Crippen molar-refractivity contribution in [3.8, 4) is 0 Å². The Hall–Kier alpha value is -3.68. The second-order valence-electron chi connectivity index (χ2n) is 7.72. The standard InChI is InChI=1S/C22H23N3O5/c1-13(18-24-17-8-6-5-7-16(17)19(26)25-18)29-20(27)14-9-11-15(12-10-14)23-21(28)30-22(2,3)4/h5-13H,1-4H3,(H,23,28)(H,24,25,26)/t13-/m0/s1. The maximum atomic E-state index is 12.4. The fourth-order valence-electron chi connectivity index (χ4n) is 2.69. The fraction of sp³-hybridized carbons (Fsp3) is 0.273. The molecule has 0 bridgehead atoms. The first-order valence-corrected chi connectivity index (χ1v) is 9.42. The van der Waals surface area contributed by atoms with Crippen molar-refractivity contribution in [1.29, 1.82) is 0 Å². The third kappa shape index (κ3) is 5.22. The van der Waals surface area contributed by atoms with E-state index in [1.807, 2.05) is 0 Å². The van der Waals surface area contributed by atoms with E-state index in [2.05, 4.69) is 15.3 Å². The summed E-state index contributed by atoms with van der Waals surface area (Å²) in [5, 5.41) is 3.06. The van der Waals surface area contributed by atoms with Gasteiger partial charge in [0.05, 0.1) is 16.5 Å². The number of carbonyl (C=O) groups excluding carboxylic acids is 2. The molecule has 1 heterocycles. The highest BCUT2D eigenvalue weighted by Crippen LogP contribution is 2.18. The van der Waals surface area contributed by atoms with Gasteiger partial charge in [-0.05, 0) is 64.1 Å². The Labute approximate surface area is 173 Å². The Morgan fingerprint density at radius 2 is 1.73 bits per heavy atom. The third-order valence-electron chi connectivity index (χ3n) is 4.07. The van der Waals surface area contributed by atoms with Crippen LogP contribution in [0, 0.1) is 0 Å². The van der Waals surface area contributed by atoms with Gasteiger partial charge in [0.2, 0.25) is 0 Å². The molecule has 0 aliphatic rings. The minimum atomic E-state index is -0.755. The first kappa shape index (κ1) is 21.0. The first-order chi connectivity index (χ1) is 14.1. The molecule has 0 aliphatic heterocycles. The summed E-state index contributed by atoms with van der Waals surface area (Å²) in [5.74, 6) is -0.322. The molecule has 0 saturated heterocycles. The Kier molecular flexibility index (Phi) is 5.86. The number of benzene rings is 2. The molecule has 1 atom stereocenters. The Balaban J connectivity index is 1.67. The molecule has 2 aromatic carbocycles. The number of H-pyrrole nitrogens is 1. The number of anilines is 1. The van der Waals surface area contributed by atoms with Crippen LogP contribution in [0.25, 0.3) is 10.9 Å². The number of amides is 1. The first-order valence-electron chi connectivity index (χ1n) is 9.42. The number of ether oxygens (including phenoxy) is 2. The van der Waals surface area contributed by atoms with E-state index < -0.39 is 23.8 Å². The van der Waals surface area contributed by atoms with E-state index in [-0.39, 0.29) is 11.4 Å². The van der Waals surface area contributed by atoms with Crippen LogP contribution >= 0.6 is 0 Å². The third-order valence-corrected chi connectivity index (χ3v) is 4.07. The van der Waals surface area contributed by atoms with Gasteiger partial charge in [-0.1, -0.05) is 12.1 Å². The molecule has 0 unspecified atom stereocenters. The molecule has 0 aliphatic carbocycles. The van der Waals surface area contributed by atoms with Gasteiger partial charge in [0.1, 0.15) is 5.60 Å². The summed E-state index contributed by atoms with van der Waals surface area (Å²) in [6.45, 7) is 6.93. The highest BCUT2D eigenvalue weighted by atomic mass is 16.6. The molecule has 1 amide bonds. The summed E-state index contributed by atoms with van der Waals surface area (Å²) in [6, 6.07) is 13.1. The van der Waals surface area contributed by atoms with Crippen LogP contribution in [0.15, 0.2) is 53.3 Å². The average molecular weight is 409 g/mol. The maximum Gasteiger partial charge on any atom is 0.412 e. The van der Waals surface area contributed by atoms with Gasteiger partial charge in [0, 0.05) is 5.69 Å². The quantitative estimate of drug-likeness (QED) is 0.625. The number of esters is 1. The largest absolute Gasteiger partial charge is 0.451 e. The number of hydrogen-bond donors (Lipinski definition) is 2. The van der Waals surface area contributed by atoms with Gasteiger partial charge in [0.15, 0.2) is 11.9 Å². The highest BCUT2D eigenvalue weighted by molar-refractivity contribution is 5.91. The fourth-order valence-corrected chi connectivity index (χ4v) is 2.69. The van der Waals surface area contributed by atoms with Crippen molar-refractivity contribution in [3.05, 3.63) is 70.3 Å². The van der Waals surface area contributed by atoms with E-state index in [4.69, 9.17) is 9.47 Å². The predicted octanol–water partition coefficient (Wildman–Crippen LogP) is 4.19. The zero-order chi connectivity index (χ0) is 21.9. The monoisotopic (exact) mass is 409 g/mol. The molecule has 0 radical (unpaired) electrons. The number of rotatable bonds is 4. The summed E-state index contributed by atoms with van der Waals surface area (Å²) in [7, 11) is 0. The highest BCUT2D eigenvalue weighted by Gasteiger charge is 2.18. The SMILES string of the molecule is C[C@H](OC(=O)c1ccc(NC(=O)OC(C)(C)C)cc1)c1nc2ccccc2c(=O)[nH]1. The molecular formula is C22H23N3O5. The number of nitrogens with zero attached hydrogens (tertiary/aromatic N) is 1. The van der Waals surface area contributed by atoms with Crippen LogP contribution < -0.4 is 10.9 Å². The molecule has 8 heteroatoms. The van der Waals surface area contributed by atoms with Gasteiger partial charge in [-0.25, -0.2) is 14.6 Å². The minimum Gasteiger partial charge on any atom is -0.451 e. The van der Waals surface area contributed by atoms with E-state index >= 15 is 0 Å². The van der Waals surface area contributed by atoms with E-state index in [1.165, 1.54) is 12.1 Å². The second kappa shape index (κ2) is 8.36. The second-order valence-corrected chi connectivity index (χ2v) is 7.72. The summed E-state index contributed by atoms with van der Waals surface area (Å²) in [5.41, 5.74) is 0.392. The van der Waals surface area contributed by atoms with Crippen molar-refractivity contribution in [2.45, 2.75) is 39.4 Å². The summed E-state index contributed by atoms with van der Waals surface area (Å²) in [6.07, 6.45) is -1.34. The van der Waals surface area contributed by atoms with Crippen LogP contribution in [0.2, 0.25) is 0 Å². The Morgan fingerprint density at radius 3 is 2.40 bits per heavy atom. The lowest BCUT2D eigenvalue weighted by molar-refractivity contribution is 0.0320. The molecule has 0 fully saturated rings. The Morgan fingerprint density at radius 1 is 1.07 bits per heavy atom. The van der Waals surface area contributed by atoms with Gasteiger partial charge < -0.3 is 14.5 Å². The molecule has 3 aromatic rings. The number of carbonyl (C=O) groups is 2. The van der Waals surface area contributed by atoms with Crippen LogP contribution in [0.4, 0.5) is 10.5 Å². The number of aromatic amines is 1. The van der Waals surface area contributed by atoms with Crippen molar-refractivity contribution < 1.29 is 19.1 Å². The molecule has 0 spiro atoms. The number of aromatic nitrogens is 2. The van der Waals surface area contributed by atoms with E-state index in [0.717, 1.165) is 0 Å². The van der Waals surface area contributed by atoms with E-state index in [0.29, 0.717) is 22.2 Å². The summed E-state index contributed by atoms with van der Waals surface area (Å²) < 4.78 is 10.6. The van der Waals surface area contributed by atoms with Crippen molar-refractivity contribution in [2.24, 2.45) is 0 Å². The molecule has 2 N–H and O–H groups in total. The molecule has 8 nitrogen and oxygen atoms in total. The van der Waals surface area contributed by atoms with Crippen molar-refractivity contribution in [1.82, 2.24) is 9.97 Å². The maximum absolute atomic E-state index is 12.4. The molecule has 0 saturated carbocycles. The van der Waals surface area contributed by atoms with Gasteiger partial charge in [0.25, 0.3) is 5.56 Å². The smallest absolute Gasteiger partial charge is 0.412 e. The van der Waals surface area contributed by atoms with Crippen molar-refractivity contribution in [3.63, 3.8) is 0 Å². The predicted molar refractivity (Wildman–Crippen MR) is 112 cm³/mol. The molecule has 3 rings (SSSR count). The zero-order valence-corrected chi connectivity index (χ0v) is 17.2. The minimum absolute atomic E-state index is 0.260. The van der Waals surface area contributed by atoms with Crippen molar-refractivity contribution >= 4 is 28.7 Å². The lowest BCUT2D eigenvalue weighted by atomic mass is 10.2. The van der Waals surface area contributed by atoms with Gasteiger partial charge in [-0.2, -0.15) is 0 Å². The molecule has 1 aromatic heterocycles. The topological polar surface area (TPSA) is 110 Å². The average Bonchev–Trinajstić information content (AvgIpc) is 2.67. The number of fused-ring (bicyclic) bond motifs is 1. The van der Waals surface area contributed by atoms with Crippen LogP contribution in [-0.2, 0) is 9.47 Å². The molecular weight excluding hydrogens is 386 g/mol. The van der Waals surface area contributed by atoms with Gasteiger partial charge >= 0.3 is 12.1 Å².